The molecule has 0 fully saturated rings. The minimum Gasteiger partial charge on any atom is -0.464 e. The van der Waals surface area contributed by atoms with E-state index in [9.17, 15) is 9.59 Å². The summed E-state index contributed by atoms with van der Waals surface area (Å²) >= 11 is 0. The average molecular weight is 207 g/mol. The van der Waals surface area contributed by atoms with Gasteiger partial charge in [-0.25, -0.2) is 14.3 Å². The van der Waals surface area contributed by atoms with Crippen molar-refractivity contribution in [1.29, 1.82) is 0 Å². The largest absolute Gasteiger partial charge is 0.464 e. The van der Waals surface area contributed by atoms with Crippen LogP contribution in [-0.4, -0.2) is 27.7 Å². The molecule has 0 aliphatic carbocycles. The summed E-state index contributed by atoms with van der Waals surface area (Å²) in [6, 6.07) is 2.87. The molecule has 6 heteroatoms. The van der Waals surface area contributed by atoms with E-state index < -0.39 is 5.97 Å². The normalized spacial score (nSPS) is 10.5. The molecule has 15 heavy (non-hydrogen) atoms. The Hall–Kier alpha value is -2.11. The Morgan fingerprint density at radius 3 is 2.93 bits per heavy atom. The van der Waals surface area contributed by atoms with E-state index in [4.69, 9.17) is 0 Å². The number of aromatic nitrogens is 3. The van der Waals surface area contributed by atoms with Crippen LogP contribution in [0.5, 0.6) is 0 Å². The molecule has 0 aliphatic heterocycles. The summed E-state index contributed by atoms with van der Waals surface area (Å²) in [6.45, 7) is 1.76. The van der Waals surface area contributed by atoms with Crippen LogP contribution in [0.25, 0.3) is 5.65 Å². The highest BCUT2D eigenvalue weighted by atomic mass is 16.5. The molecule has 0 aromatic carbocycles. The van der Waals surface area contributed by atoms with Crippen LogP contribution in [0.3, 0.4) is 0 Å². The quantitative estimate of drug-likeness (QED) is 0.674. The van der Waals surface area contributed by atoms with Crippen molar-refractivity contribution in [1.82, 2.24) is 14.6 Å². The first-order valence-electron chi connectivity index (χ1n) is 4.29. The monoisotopic (exact) mass is 207 g/mol. The maximum absolute atomic E-state index is 11.2. The van der Waals surface area contributed by atoms with Crippen LogP contribution < -0.4 is 5.56 Å². The van der Waals surface area contributed by atoms with Crippen molar-refractivity contribution in [2.75, 3.05) is 7.11 Å². The van der Waals surface area contributed by atoms with Gasteiger partial charge in [0.05, 0.1) is 7.11 Å². The number of H-pyrrole nitrogens is 1. The van der Waals surface area contributed by atoms with Crippen LogP contribution in [-0.2, 0) is 4.74 Å². The molecule has 2 aromatic rings. The van der Waals surface area contributed by atoms with E-state index in [-0.39, 0.29) is 11.3 Å². The fraction of sp³-hybridized carbons (Fsp3) is 0.222. The lowest BCUT2D eigenvalue weighted by Crippen LogP contribution is -2.08. The van der Waals surface area contributed by atoms with Crippen LogP contribution in [0.2, 0.25) is 0 Å². The van der Waals surface area contributed by atoms with Gasteiger partial charge in [0.2, 0.25) is 0 Å². The zero-order chi connectivity index (χ0) is 11.0. The molecular formula is C9H9N3O3. The number of methoxy groups -OCH3 is 1. The molecule has 78 valence electrons. The van der Waals surface area contributed by atoms with Gasteiger partial charge in [-0.3, -0.25) is 9.89 Å². The predicted molar refractivity (Wildman–Crippen MR) is 51.9 cm³/mol. The van der Waals surface area contributed by atoms with Gasteiger partial charge in [0.15, 0.2) is 11.3 Å². The SMILES string of the molecule is COC(=O)c1cc(C)n2[nH]c(=O)cc2n1. The summed E-state index contributed by atoms with van der Waals surface area (Å²) in [7, 11) is 1.28. The van der Waals surface area contributed by atoms with Crippen molar-refractivity contribution in [3.63, 3.8) is 0 Å². The molecule has 0 unspecified atom stereocenters. The summed E-state index contributed by atoms with van der Waals surface area (Å²) in [4.78, 5) is 26.3. The van der Waals surface area contributed by atoms with Crippen molar-refractivity contribution in [2.24, 2.45) is 0 Å². The zero-order valence-electron chi connectivity index (χ0n) is 8.27. The highest BCUT2D eigenvalue weighted by Gasteiger charge is 2.10. The molecule has 2 rings (SSSR count). The summed E-state index contributed by atoms with van der Waals surface area (Å²) < 4.78 is 6.06. The Morgan fingerprint density at radius 2 is 2.27 bits per heavy atom. The Bertz CT molecular complexity index is 582. The number of aromatic amines is 1. The number of hydrogen-bond donors (Lipinski definition) is 1. The standard InChI is InChI=1S/C9H9N3O3/c1-5-3-6(9(14)15-2)10-7-4-8(13)11-12(5)7/h3-4H,1-2H3,(H,11,13). The molecule has 0 amide bonds. The molecule has 0 saturated heterocycles. The molecule has 2 heterocycles. The van der Waals surface area contributed by atoms with Crippen molar-refractivity contribution >= 4 is 11.6 Å². The molecule has 0 atom stereocenters. The second kappa shape index (κ2) is 3.23. The third-order valence-corrected chi connectivity index (χ3v) is 2.04. The van der Waals surface area contributed by atoms with E-state index in [0.717, 1.165) is 0 Å². The molecule has 6 nitrogen and oxygen atoms in total. The number of esters is 1. The Morgan fingerprint density at radius 1 is 1.53 bits per heavy atom. The van der Waals surface area contributed by atoms with Gasteiger partial charge in [-0.2, -0.15) is 0 Å². The molecule has 2 aromatic heterocycles. The molecule has 1 N–H and O–H groups in total. The van der Waals surface area contributed by atoms with Crippen LogP contribution in [0.15, 0.2) is 16.9 Å². The van der Waals surface area contributed by atoms with Gasteiger partial charge in [0.1, 0.15) is 0 Å². The molecule has 0 bridgehead atoms. The van der Waals surface area contributed by atoms with Crippen molar-refractivity contribution < 1.29 is 9.53 Å². The van der Waals surface area contributed by atoms with Crippen LogP contribution >= 0.6 is 0 Å². The van der Waals surface area contributed by atoms with Gasteiger partial charge in [-0.05, 0) is 13.0 Å². The van der Waals surface area contributed by atoms with E-state index in [1.54, 1.807) is 13.0 Å². The van der Waals surface area contributed by atoms with Crippen LogP contribution in [0.1, 0.15) is 16.2 Å². The average Bonchev–Trinajstić information content (AvgIpc) is 2.58. The molecule has 0 spiro atoms. The number of carbonyl (C=O) groups excluding carboxylic acids is 1. The van der Waals surface area contributed by atoms with Crippen molar-refractivity contribution in [3.8, 4) is 0 Å². The highest BCUT2D eigenvalue weighted by Crippen LogP contribution is 2.05. The highest BCUT2D eigenvalue weighted by molar-refractivity contribution is 5.87. The van der Waals surface area contributed by atoms with Gasteiger partial charge in [-0.1, -0.05) is 0 Å². The summed E-state index contributed by atoms with van der Waals surface area (Å²) in [5.74, 6) is -0.519. The lowest BCUT2D eigenvalue weighted by atomic mass is 10.3. The van der Waals surface area contributed by atoms with Crippen LogP contribution in [0, 0.1) is 6.92 Å². The number of rotatable bonds is 1. The number of aryl methyl sites for hydroxylation is 1. The molecular weight excluding hydrogens is 198 g/mol. The van der Waals surface area contributed by atoms with Gasteiger partial charge in [-0.15, -0.1) is 0 Å². The zero-order valence-corrected chi connectivity index (χ0v) is 8.27. The summed E-state index contributed by atoms with van der Waals surface area (Å²) in [6.07, 6.45) is 0. The molecule has 0 aliphatic rings. The smallest absolute Gasteiger partial charge is 0.356 e. The van der Waals surface area contributed by atoms with Gasteiger partial charge < -0.3 is 4.74 Å². The lowest BCUT2D eigenvalue weighted by Gasteiger charge is -2.02. The molecule has 0 radical (unpaired) electrons. The van der Waals surface area contributed by atoms with E-state index in [2.05, 4.69) is 14.8 Å². The number of hydrogen-bond acceptors (Lipinski definition) is 4. The van der Waals surface area contributed by atoms with Gasteiger partial charge in [0.25, 0.3) is 5.56 Å². The number of nitrogens with zero attached hydrogens (tertiary/aromatic N) is 2. The van der Waals surface area contributed by atoms with E-state index in [1.165, 1.54) is 17.7 Å². The maximum Gasteiger partial charge on any atom is 0.356 e. The van der Waals surface area contributed by atoms with E-state index in [0.29, 0.717) is 11.3 Å². The Kier molecular flexibility index (Phi) is 2.03. The first kappa shape index (κ1) is 9.45. The van der Waals surface area contributed by atoms with Crippen LogP contribution in [0.4, 0.5) is 0 Å². The fourth-order valence-corrected chi connectivity index (χ4v) is 1.36. The van der Waals surface area contributed by atoms with Crippen molar-refractivity contribution in [3.05, 3.63) is 33.9 Å². The third kappa shape index (κ3) is 1.50. The second-order valence-electron chi connectivity index (χ2n) is 3.09. The third-order valence-electron chi connectivity index (χ3n) is 2.04. The topological polar surface area (TPSA) is 76.5 Å². The first-order valence-corrected chi connectivity index (χ1v) is 4.29. The number of ether oxygens (including phenoxy) is 1. The number of carbonyl (C=O) groups is 1. The minimum absolute atomic E-state index is 0.189. The maximum atomic E-state index is 11.2. The molecule has 0 saturated carbocycles. The minimum atomic E-state index is -0.519. The lowest BCUT2D eigenvalue weighted by molar-refractivity contribution is 0.0594. The first-order chi connectivity index (χ1) is 7.11. The second-order valence-corrected chi connectivity index (χ2v) is 3.09. The van der Waals surface area contributed by atoms with E-state index >= 15 is 0 Å². The summed E-state index contributed by atoms with van der Waals surface area (Å²) in [5, 5.41) is 2.56. The van der Waals surface area contributed by atoms with Gasteiger partial charge in [0, 0.05) is 11.8 Å². The Balaban J connectivity index is 2.71. The van der Waals surface area contributed by atoms with Crippen molar-refractivity contribution in [2.45, 2.75) is 6.92 Å². The predicted octanol–water partition coefficient (Wildman–Crippen LogP) is 0.118. The number of fused-ring (bicyclic) bond motifs is 1. The van der Waals surface area contributed by atoms with Gasteiger partial charge >= 0.3 is 5.97 Å². The Labute approximate surface area is 84.5 Å². The summed E-state index contributed by atoms with van der Waals surface area (Å²) in [5.41, 5.74) is 1.05. The van der Waals surface area contributed by atoms with E-state index in [1.807, 2.05) is 0 Å². The number of nitrogens with one attached hydrogen (secondary N) is 1. The fourth-order valence-electron chi connectivity index (χ4n) is 1.36.